The lowest BCUT2D eigenvalue weighted by Gasteiger charge is -2.37. The van der Waals surface area contributed by atoms with Gasteiger partial charge in [-0.1, -0.05) is 19.1 Å². The van der Waals surface area contributed by atoms with Crippen molar-refractivity contribution in [1.29, 1.82) is 0 Å². The zero-order valence-electron chi connectivity index (χ0n) is 9.80. The van der Waals surface area contributed by atoms with Gasteiger partial charge in [-0.3, -0.25) is 4.79 Å². The SMILES string of the molecule is CC1(C)NC(=O)CC1(C)c1cccc(F)c1. The van der Waals surface area contributed by atoms with Crippen LogP contribution in [-0.2, 0) is 10.2 Å². The van der Waals surface area contributed by atoms with E-state index in [0.717, 1.165) is 5.56 Å². The average Bonchev–Trinajstić information content (AvgIpc) is 2.36. The Hall–Kier alpha value is -1.38. The van der Waals surface area contributed by atoms with Crippen LogP contribution in [0.25, 0.3) is 0 Å². The molecule has 0 saturated carbocycles. The minimum Gasteiger partial charge on any atom is -0.350 e. The smallest absolute Gasteiger partial charge is 0.221 e. The maximum atomic E-state index is 13.2. The van der Waals surface area contributed by atoms with Crippen molar-refractivity contribution in [3.05, 3.63) is 35.6 Å². The second-order valence-corrected chi connectivity index (χ2v) is 5.19. The number of benzene rings is 1. The van der Waals surface area contributed by atoms with E-state index in [1.165, 1.54) is 12.1 Å². The molecule has 1 aliphatic heterocycles. The Kier molecular flexibility index (Phi) is 2.30. The molecule has 1 N–H and O–H groups in total. The monoisotopic (exact) mass is 221 g/mol. The average molecular weight is 221 g/mol. The van der Waals surface area contributed by atoms with Crippen LogP contribution in [0.2, 0.25) is 0 Å². The van der Waals surface area contributed by atoms with Gasteiger partial charge in [0.25, 0.3) is 0 Å². The lowest BCUT2D eigenvalue weighted by Crippen LogP contribution is -2.48. The summed E-state index contributed by atoms with van der Waals surface area (Å²) in [5.74, 6) is -0.231. The number of rotatable bonds is 1. The molecule has 1 unspecified atom stereocenters. The normalized spacial score (nSPS) is 27.9. The minimum atomic E-state index is -0.355. The van der Waals surface area contributed by atoms with Gasteiger partial charge in [0.2, 0.25) is 5.91 Å². The highest BCUT2D eigenvalue weighted by atomic mass is 19.1. The van der Waals surface area contributed by atoms with E-state index in [2.05, 4.69) is 5.32 Å². The van der Waals surface area contributed by atoms with Gasteiger partial charge in [0, 0.05) is 17.4 Å². The van der Waals surface area contributed by atoms with Gasteiger partial charge < -0.3 is 5.32 Å². The molecular formula is C13H16FNO. The van der Waals surface area contributed by atoms with Gasteiger partial charge in [-0.2, -0.15) is 0 Å². The topological polar surface area (TPSA) is 29.1 Å². The summed E-state index contributed by atoms with van der Waals surface area (Å²) in [7, 11) is 0. The number of halogens is 1. The molecule has 0 radical (unpaired) electrons. The minimum absolute atomic E-state index is 0.0248. The van der Waals surface area contributed by atoms with Crippen LogP contribution in [0.3, 0.4) is 0 Å². The van der Waals surface area contributed by atoms with Gasteiger partial charge in [-0.15, -0.1) is 0 Å². The predicted octanol–water partition coefficient (Wildman–Crippen LogP) is 2.38. The molecule has 1 atom stereocenters. The Morgan fingerprint density at radius 3 is 2.50 bits per heavy atom. The van der Waals surface area contributed by atoms with Crippen molar-refractivity contribution in [3.8, 4) is 0 Å². The van der Waals surface area contributed by atoms with Crippen LogP contribution in [-0.4, -0.2) is 11.4 Å². The van der Waals surface area contributed by atoms with Gasteiger partial charge >= 0.3 is 0 Å². The molecule has 86 valence electrons. The van der Waals surface area contributed by atoms with Crippen LogP contribution in [0.4, 0.5) is 4.39 Å². The van der Waals surface area contributed by atoms with Crippen molar-refractivity contribution >= 4 is 5.91 Å². The zero-order chi connectivity index (χ0) is 12.0. The summed E-state index contributed by atoms with van der Waals surface area (Å²) in [6, 6.07) is 6.51. The summed E-state index contributed by atoms with van der Waals surface area (Å²) < 4.78 is 13.2. The zero-order valence-corrected chi connectivity index (χ0v) is 9.80. The fourth-order valence-corrected chi connectivity index (χ4v) is 2.37. The Bertz CT molecular complexity index is 441. The quantitative estimate of drug-likeness (QED) is 0.775. The first-order chi connectivity index (χ1) is 7.35. The van der Waals surface area contributed by atoms with Crippen LogP contribution in [0, 0.1) is 5.82 Å². The Morgan fingerprint density at radius 1 is 1.31 bits per heavy atom. The van der Waals surface area contributed by atoms with E-state index in [1.54, 1.807) is 6.07 Å². The van der Waals surface area contributed by atoms with E-state index >= 15 is 0 Å². The second-order valence-electron chi connectivity index (χ2n) is 5.19. The van der Waals surface area contributed by atoms with Crippen LogP contribution in [0.5, 0.6) is 0 Å². The molecule has 1 fully saturated rings. The largest absolute Gasteiger partial charge is 0.350 e. The van der Waals surface area contributed by atoms with Crippen molar-refractivity contribution in [2.45, 2.75) is 38.1 Å². The lowest BCUT2D eigenvalue weighted by molar-refractivity contribution is -0.119. The highest BCUT2D eigenvalue weighted by molar-refractivity contribution is 5.82. The van der Waals surface area contributed by atoms with E-state index in [9.17, 15) is 9.18 Å². The summed E-state index contributed by atoms with van der Waals surface area (Å²) in [4.78, 5) is 11.5. The van der Waals surface area contributed by atoms with Crippen LogP contribution < -0.4 is 5.32 Å². The van der Waals surface area contributed by atoms with Crippen LogP contribution in [0.1, 0.15) is 32.8 Å². The number of nitrogens with one attached hydrogen (secondary N) is 1. The molecule has 16 heavy (non-hydrogen) atoms. The third-order valence-corrected chi connectivity index (χ3v) is 3.81. The van der Waals surface area contributed by atoms with Crippen molar-refractivity contribution in [3.63, 3.8) is 0 Å². The summed E-state index contributed by atoms with van der Waals surface area (Å²) in [5, 5.41) is 2.94. The van der Waals surface area contributed by atoms with Crippen LogP contribution in [0.15, 0.2) is 24.3 Å². The molecule has 0 spiro atoms. The highest BCUT2D eigenvalue weighted by Crippen LogP contribution is 2.42. The first-order valence-electron chi connectivity index (χ1n) is 5.42. The van der Waals surface area contributed by atoms with Gasteiger partial charge in [0.05, 0.1) is 0 Å². The number of hydrogen-bond acceptors (Lipinski definition) is 1. The fourth-order valence-electron chi connectivity index (χ4n) is 2.37. The van der Waals surface area contributed by atoms with Gasteiger partial charge in [-0.25, -0.2) is 4.39 Å². The lowest BCUT2D eigenvalue weighted by atomic mass is 9.69. The first kappa shape index (κ1) is 11.1. The fraction of sp³-hybridized carbons (Fsp3) is 0.462. The molecule has 3 heteroatoms. The van der Waals surface area contributed by atoms with Gasteiger partial charge in [-0.05, 0) is 31.5 Å². The summed E-state index contributed by atoms with van der Waals surface area (Å²) in [6.45, 7) is 5.95. The standard InChI is InChI=1S/C13H16FNO/c1-12(2)13(3,8-11(16)15-12)9-5-4-6-10(14)7-9/h4-7H,8H2,1-3H3,(H,15,16). The summed E-state index contributed by atoms with van der Waals surface area (Å²) in [6.07, 6.45) is 0.406. The van der Waals surface area contributed by atoms with Crippen molar-refractivity contribution in [2.75, 3.05) is 0 Å². The molecule has 2 nitrogen and oxygen atoms in total. The van der Waals surface area contributed by atoms with E-state index in [4.69, 9.17) is 0 Å². The molecule has 0 aliphatic carbocycles. The third kappa shape index (κ3) is 1.51. The van der Waals surface area contributed by atoms with E-state index in [0.29, 0.717) is 6.42 Å². The second kappa shape index (κ2) is 3.30. The molecule has 1 heterocycles. The Labute approximate surface area is 94.9 Å². The third-order valence-electron chi connectivity index (χ3n) is 3.81. The van der Waals surface area contributed by atoms with Crippen molar-refractivity contribution < 1.29 is 9.18 Å². The van der Waals surface area contributed by atoms with Crippen molar-refractivity contribution in [1.82, 2.24) is 5.32 Å². The molecule has 1 saturated heterocycles. The first-order valence-corrected chi connectivity index (χ1v) is 5.42. The Morgan fingerprint density at radius 2 is 2.00 bits per heavy atom. The van der Waals surface area contributed by atoms with E-state index in [1.807, 2.05) is 26.8 Å². The molecule has 1 aliphatic rings. The maximum absolute atomic E-state index is 13.2. The number of amides is 1. The van der Waals surface area contributed by atoms with Crippen LogP contribution >= 0.6 is 0 Å². The number of carbonyl (C=O) groups is 1. The van der Waals surface area contributed by atoms with E-state index < -0.39 is 0 Å². The molecule has 0 aromatic heterocycles. The van der Waals surface area contributed by atoms with E-state index in [-0.39, 0.29) is 22.7 Å². The highest BCUT2D eigenvalue weighted by Gasteiger charge is 2.50. The number of hydrogen-bond donors (Lipinski definition) is 1. The van der Waals surface area contributed by atoms with Gasteiger partial charge in [0.1, 0.15) is 5.82 Å². The van der Waals surface area contributed by atoms with Gasteiger partial charge in [0.15, 0.2) is 0 Å². The predicted molar refractivity (Wildman–Crippen MR) is 60.6 cm³/mol. The molecule has 1 amide bonds. The molecule has 0 bridgehead atoms. The Balaban J connectivity index is 2.50. The number of carbonyl (C=O) groups excluding carboxylic acids is 1. The maximum Gasteiger partial charge on any atom is 0.221 e. The van der Waals surface area contributed by atoms with Crippen molar-refractivity contribution in [2.24, 2.45) is 0 Å². The molecule has 1 aromatic carbocycles. The summed E-state index contributed by atoms with van der Waals surface area (Å²) in [5.41, 5.74) is 0.167. The molecule has 1 aromatic rings. The molecule has 2 rings (SSSR count). The summed E-state index contributed by atoms with van der Waals surface area (Å²) >= 11 is 0. The molecular weight excluding hydrogens is 205 g/mol.